The Kier molecular flexibility index (Phi) is 8.26. The van der Waals surface area contributed by atoms with Crippen molar-refractivity contribution in [3.8, 4) is 51.0 Å². The first kappa shape index (κ1) is 38.6. The normalized spacial score (nSPS) is 12.0. The van der Waals surface area contributed by atoms with Crippen molar-refractivity contribution in [2.75, 3.05) is 0 Å². The van der Waals surface area contributed by atoms with E-state index in [4.69, 9.17) is 14.4 Å². The van der Waals surface area contributed by atoms with Gasteiger partial charge in [0.05, 0.1) is 44.5 Å². The standard InChI is InChI=1S/C64H39N5O/c1-3-15-40(16-4-1)54-39-55(41-27-31-45(32-28-41)68-57-24-12-7-19-46(57)50-33-34-51-49-22-10-14-26-61(49)70-63(51)62(50)68)66-64(65-54)69-58-25-13-9-21-48(58)53-38-43(30-36-60(53)69)42-29-35-59-52(37-42)47-20-8-11-23-56(47)67(59)44-17-5-2-6-18-44/h1-39H. The Bertz CT molecular complexity index is 4580. The van der Waals surface area contributed by atoms with Crippen molar-refractivity contribution in [2.24, 2.45) is 0 Å². The molecule has 0 N–H and O–H groups in total. The average molecular weight is 894 g/mol. The van der Waals surface area contributed by atoms with Gasteiger partial charge >= 0.3 is 0 Å². The highest BCUT2D eigenvalue weighted by Gasteiger charge is 2.21. The zero-order chi connectivity index (χ0) is 45.9. The molecule has 0 aliphatic carbocycles. The van der Waals surface area contributed by atoms with E-state index in [0.717, 1.165) is 105 Å². The summed E-state index contributed by atoms with van der Waals surface area (Å²) in [7, 11) is 0. The van der Waals surface area contributed by atoms with Crippen LogP contribution in [-0.2, 0) is 0 Å². The second-order valence-corrected chi connectivity index (χ2v) is 18.1. The molecule has 0 atom stereocenters. The van der Waals surface area contributed by atoms with Crippen molar-refractivity contribution in [1.82, 2.24) is 23.7 Å². The maximum absolute atomic E-state index is 6.65. The van der Waals surface area contributed by atoms with Crippen molar-refractivity contribution in [2.45, 2.75) is 0 Å². The monoisotopic (exact) mass is 893 g/mol. The Morgan fingerprint density at radius 1 is 0.286 bits per heavy atom. The van der Waals surface area contributed by atoms with Crippen LogP contribution in [0, 0.1) is 0 Å². The molecular weight excluding hydrogens is 855 g/mol. The molecule has 0 bridgehead atoms. The summed E-state index contributed by atoms with van der Waals surface area (Å²) in [5, 5.41) is 9.31. The molecule has 0 amide bonds. The fourth-order valence-electron chi connectivity index (χ4n) is 11.1. The van der Waals surface area contributed by atoms with Crippen molar-refractivity contribution in [3.05, 3.63) is 237 Å². The van der Waals surface area contributed by atoms with Gasteiger partial charge in [-0.05, 0) is 96.1 Å². The average Bonchev–Trinajstić information content (AvgIpc) is 4.17. The maximum atomic E-state index is 6.65. The fourth-order valence-corrected chi connectivity index (χ4v) is 11.1. The van der Waals surface area contributed by atoms with Crippen LogP contribution in [0.25, 0.3) is 138 Å². The summed E-state index contributed by atoms with van der Waals surface area (Å²) < 4.78 is 13.6. The summed E-state index contributed by atoms with van der Waals surface area (Å²) >= 11 is 0. The lowest BCUT2D eigenvalue weighted by Crippen LogP contribution is -2.04. The van der Waals surface area contributed by atoms with Crippen molar-refractivity contribution >= 4 is 87.4 Å². The van der Waals surface area contributed by atoms with E-state index in [9.17, 15) is 0 Å². The molecule has 6 heteroatoms. The van der Waals surface area contributed by atoms with Gasteiger partial charge in [-0.2, -0.15) is 0 Å². The van der Waals surface area contributed by atoms with Gasteiger partial charge in [0.2, 0.25) is 5.95 Å². The molecule has 0 unspecified atom stereocenters. The van der Waals surface area contributed by atoms with Crippen molar-refractivity contribution < 1.29 is 4.42 Å². The van der Waals surface area contributed by atoms with Crippen LogP contribution < -0.4 is 0 Å². The molecule has 0 radical (unpaired) electrons. The summed E-state index contributed by atoms with van der Waals surface area (Å²) in [6.45, 7) is 0. The molecule has 0 spiro atoms. The number of nitrogens with zero attached hydrogens (tertiary/aromatic N) is 5. The smallest absolute Gasteiger partial charge is 0.235 e. The number of aromatic nitrogens is 5. The fraction of sp³-hybridized carbons (Fsp3) is 0. The van der Waals surface area contributed by atoms with Crippen LogP contribution in [0.15, 0.2) is 241 Å². The first-order chi connectivity index (χ1) is 34.7. The number of para-hydroxylation sites is 5. The van der Waals surface area contributed by atoms with Gasteiger partial charge in [0.1, 0.15) is 5.58 Å². The molecule has 10 aromatic carbocycles. The van der Waals surface area contributed by atoms with Gasteiger partial charge in [-0.15, -0.1) is 0 Å². The van der Waals surface area contributed by atoms with Gasteiger partial charge in [-0.25, -0.2) is 9.97 Å². The molecule has 0 aliphatic heterocycles. The highest BCUT2D eigenvalue weighted by molar-refractivity contribution is 6.21. The first-order valence-corrected chi connectivity index (χ1v) is 23.7. The molecule has 70 heavy (non-hydrogen) atoms. The zero-order valence-electron chi connectivity index (χ0n) is 37.7. The molecule has 15 aromatic rings. The van der Waals surface area contributed by atoms with E-state index in [1.165, 1.54) is 27.2 Å². The number of hydrogen-bond donors (Lipinski definition) is 0. The van der Waals surface area contributed by atoms with E-state index in [-0.39, 0.29) is 0 Å². The Balaban J connectivity index is 0.880. The van der Waals surface area contributed by atoms with E-state index in [1.807, 2.05) is 18.2 Å². The van der Waals surface area contributed by atoms with Gasteiger partial charge in [0, 0.05) is 65.6 Å². The number of rotatable bonds is 6. The van der Waals surface area contributed by atoms with Crippen LogP contribution in [0.3, 0.4) is 0 Å². The van der Waals surface area contributed by atoms with E-state index in [1.54, 1.807) is 0 Å². The van der Waals surface area contributed by atoms with Crippen LogP contribution in [0.2, 0.25) is 0 Å². The summed E-state index contributed by atoms with van der Waals surface area (Å²) in [5.74, 6) is 0.615. The SMILES string of the molecule is c1ccc(-c2cc(-c3ccc(-n4c5ccccc5c5ccc6c7ccccc7oc6c54)cc3)nc(-n3c4ccccc4c4cc(-c5ccc6c(c5)c5ccccc5n6-c5ccccc5)ccc43)n2)cc1. The van der Waals surface area contributed by atoms with E-state index < -0.39 is 0 Å². The lowest BCUT2D eigenvalue weighted by atomic mass is 10.0. The van der Waals surface area contributed by atoms with Crippen LogP contribution >= 0.6 is 0 Å². The van der Waals surface area contributed by atoms with Gasteiger partial charge in [-0.3, -0.25) is 4.57 Å². The van der Waals surface area contributed by atoms with E-state index in [2.05, 4.69) is 232 Å². The third-order valence-electron chi connectivity index (χ3n) is 14.3. The minimum atomic E-state index is 0.615. The largest absolute Gasteiger partial charge is 0.454 e. The lowest BCUT2D eigenvalue weighted by Gasteiger charge is -2.13. The molecule has 5 heterocycles. The molecular formula is C64H39N5O. The molecule has 15 rings (SSSR count). The molecule has 326 valence electrons. The summed E-state index contributed by atoms with van der Waals surface area (Å²) in [6.07, 6.45) is 0. The van der Waals surface area contributed by atoms with Gasteiger partial charge < -0.3 is 13.6 Å². The topological polar surface area (TPSA) is 53.7 Å². The minimum absolute atomic E-state index is 0.615. The maximum Gasteiger partial charge on any atom is 0.235 e. The predicted octanol–water partition coefficient (Wildman–Crippen LogP) is 16.7. The Hall–Kier alpha value is -9.52. The number of furan rings is 1. The first-order valence-electron chi connectivity index (χ1n) is 23.7. The van der Waals surface area contributed by atoms with E-state index in [0.29, 0.717) is 5.95 Å². The summed E-state index contributed by atoms with van der Waals surface area (Å²) in [5.41, 5.74) is 16.6. The van der Waals surface area contributed by atoms with Crippen LogP contribution in [-0.4, -0.2) is 23.7 Å². The van der Waals surface area contributed by atoms with Gasteiger partial charge in [0.15, 0.2) is 5.58 Å². The Labute approximate surface area is 401 Å². The predicted molar refractivity (Wildman–Crippen MR) is 289 cm³/mol. The third kappa shape index (κ3) is 5.74. The highest BCUT2D eigenvalue weighted by Crippen LogP contribution is 2.42. The van der Waals surface area contributed by atoms with Gasteiger partial charge in [0.25, 0.3) is 0 Å². The minimum Gasteiger partial charge on any atom is -0.454 e. The highest BCUT2D eigenvalue weighted by atomic mass is 16.3. The Morgan fingerprint density at radius 2 is 0.743 bits per heavy atom. The molecule has 0 saturated heterocycles. The molecule has 0 fully saturated rings. The van der Waals surface area contributed by atoms with Crippen LogP contribution in [0.4, 0.5) is 0 Å². The van der Waals surface area contributed by atoms with Crippen LogP contribution in [0.5, 0.6) is 0 Å². The van der Waals surface area contributed by atoms with Crippen molar-refractivity contribution in [1.29, 1.82) is 0 Å². The molecule has 0 aliphatic rings. The second kappa shape index (κ2) is 15.0. The zero-order valence-corrected chi connectivity index (χ0v) is 37.7. The number of fused-ring (bicyclic) bond motifs is 13. The molecule has 6 nitrogen and oxygen atoms in total. The second-order valence-electron chi connectivity index (χ2n) is 18.1. The summed E-state index contributed by atoms with van der Waals surface area (Å²) in [6, 6.07) is 84.2. The molecule has 0 saturated carbocycles. The van der Waals surface area contributed by atoms with E-state index >= 15 is 0 Å². The van der Waals surface area contributed by atoms with Gasteiger partial charge in [-0.1, -0.05) is 152 Å². The third-order valence-corrected chi connectivity index (χ3v) is 14.3. The van der Waals surface area contributed by atoms with Crippen molar-refractivity contribution in [3.63, 3.8) is 0 Å². The summed E-state index contributed by atoms with van der Waals surface area (Å²) in [4.78, 5) is 10.8. The number of hydrogen-bond acceptors (Lipinski definition) is 3. The quantitative estimate of drug-likeness (QED) is 0.167. The molecule has 5 aromatic heterocycles. The Morgan fingerprint density at radius 3 is 1.40 bits per heavy atom. The number of benzene rings is 10. The van der Waals surface area contributed by atoms with Crippen LogP contribution in [0.1, 0.15) is 0 Å². The lowest BCUT2D eigenvalue weighted by molar-refractivity contribution is 0.671.